The molecule has 4 aliphatic heterocycles. The van der Waals surface area contributed by atoms with Crippen LogP contribution in [0.2, 0.25) is 10.0 Å². The highest BCUT2D eigenvalue weighted by atomic mass is 35.5. The average Bonchev–Trinajstić information content (AvgIpc) is 3.77. The molecule has 4 N–H and O–H groups in total. The molecule has 3 saturated heterocycles. The molecule has 2 spiro atoms. The van der Waals surface area contributed by atoms with Gasteiger partial charge < -0.3 is 15.5 Å². The SMILES string of the molecule is Cn1c(=O)n(C2CCC(=O)NC2=O)c2ccc(C#CC3CN(CC4CC(NC(=O)[C@@H]5NC6(CCC(C)(C)CC6)[C@@]6(C(=O)Nc7cc(Cl)ccc76)[C@H]5c5cccc(Cl)c5F)C4)C3)cc21. The molecular formula is C48H50Cl2FN7O5. The number of aryl methyl sites for hydroxylation is 1. The zero-order valence-corrected chi connectivity index (χ0v) is 37.0. The van der Waals surface area contributed by atoms with Crippen molar-refractivity contribution in [2.24, 2.45) is 24.3 Å². The second-order valence-electron chi connectivity index (χ2n) is 19.6. The van der Waals surface area contributed by atoms with E-state index in [0.29, 0.717) is 40.5 Å². The van der Waals surface area contributed by atoms with Crippen LogP contribution in [0.4, 0.5) is 10.1 Å². The van der Waals surface area contributed by atoms with Gasteiger partial charge in [0.2, 0.25) is 23.6 Å². The van der Waals surface area contributed by atoms with E-state index in [2.05, 4.69) is 51.9 Å². The zero-order chi connectivity index (χ0) is 44.2. The largest absolute Gasteiger partial charge is 0.352 e. The molecule has 1 unspecified atom stereocenters. The predicted octanol–water partition coefficient (Wildman–Crippen LogP) is 5.93. The molecule has 6 aliphatic rings. The van der Waals surface area contributed by atoms with Crippen molar-refractivity contribution in [1.82, 2.24) is 30.0 Å². The lowest BCUT2D eigenvalue weighted by atomic mass is 9.53. The minimum Gasteiger partial charge on any atom is -0.352 e. The number of carbonyl (C=O) groups excluding carboxylic acids is 4. The maximum atomic E-state index is 16.4. The summed E-state index contributed by atoms with van der Waals surface area (Å²) in [6, 6.07) is 14.1. The number of hydrogen-bond acceptors (Lipinski definition) is 7. The van der Waals surface area contributed by atoms with Gasteiger partial charge in [0, 0.05) is 72.8 Å². The molecule has 0 radical (unpaired) electrons. The Hall–Kier alpha value is -5.00. The highest BCUT2D eigenvalue weighted by Crippen LogP contribution is 2.64. The van der Waals surface area contributed by atoms with Crippen molar-refractivity contribution < 1.29 is 23.6 Å². The van der Waals surface area contributed by atoms with Crippen LogP contribution in [0.25, 0.3) is 11.0 Å². The third kappa shape index (κ3) is 6.82. The smallest absolute Gasteiger partial charge is 0.329 e. The summed E-state index contributed by atoms with van der Waals surface area (Å²) >= 11 is 12.9. The van der Waals surface area contributed by atoms with Gasteiger partial charge in [0.25, 0.3) is 0 Å². The molecule has 4 amide bonds. The molecule has 4 aromatic rings. The monoisotopic (exact) mass is 893 g/mol. The number of imidazole rings is 1. The van der Waals surface area contributed by atoms with Gasteiger partial charge in [0.15, 0.2) is 0 Å². The van der Waals surface area contributed by atoms with Crippen LogP contribution in [0.5, 0.6) is 0 Å². The minimum atomic E-state index is -1.30. The number of nitrogens with zero attached hydrogens (tertiary/aromatic N) is 3. The predicted molar refractivity (Wildman–Crippen MR) is 238 cm³/mol. The fourth-order valence-electron chi connectivity index (χ4n) is 11.7. The highest BCUT2D eigenvalue weighted by Gasteiger charge is 2.73. The third-order valence-corrected chi connectivity index (χ3v) is 15.7. The first-order valence-electron chi connectivity index (χ1n) is 22.0. The topological polar surface area (TPSA) is 147 Å². The first-order valence-corrected chi connectivity index (χ1v) is 22.7. The number of benzene rings is 3. The molecule has 328 valence electrons. The number of amides is 4. The molecule has 15 heteroatoms. The number of fused-ring (bicyclic) bond motifs is 4. The number of imide groups is 1. The molecule has 2 aliphatic carbocycles. The number of piperidine rings is 1. The van der Waals surface area contributed by atoms with Gasteiger partial charge in [-0.05, 0) is 104 Å². The fourth-order valence-corrected chi connectivity index (χ4v) is 12.1. The Labute approximate surface area is 374 Å². The number of halogens is 3. The highest BCUT2D eigenvalue weighted by molar-refractivity contribution is 6.31. The molecule has 10 rings (SSSR count). The quantitative estimate of drug-likeness (QED) is 0.139. The summed E-state index contributed by atoms with van der Waals surface area (Å²) in [7, 11) is 1.67. The summed E-state index contributed by atoms with van der Waals surface area (Å²) in [5.41, 5.74) is 1.22. The summed E-state index contributed by atoms with van der Waals surface area (Å²) in [4.78, 5) is 69.3. The maximum Gasteiger partial charge on any atom is 0.329 e. The Morgan fingerprint density at radius 2 is 1.71 bits per heavy atom. The Kier molecular flexibility index (Phi) is 10.2. The number of aromatic nitrogens is 2. The molecule has 3 aromatic carbocycles. The van der Waals surface area contributed by atoms with Gasteiger partial charge in [0.1, 0.15) is 17.3 Å². The first-order chi connectivity index (χ1) is 30.1. The Bertz CT molecular complexity index is 2730. The third-order valence-electron chi connectivity index (χ3n) is 15.1. The Morgan fingerprint density at radius 3 is 2.46 bits per heavy atom. The molecule has 0 bridgehead atoms. The number of likely N-dealkylation sites (tertiary alicyclic amines) is 1. The summed E-state index contributed by atoms with van der Waals surface area (Å²) in [5, 5.41) is 12.9. The second-order valence-corrected chi connectivity index (χ2v) is 20.4. The van der Waals surface area contributed by atoms with Gasteiger partial charge in [0.05, 0.1) is 22.1 Å². The van der Waals surface area contributed by atoms with Gasteiger partial charge in [-0.3, -0.25) is 38.9 Å². The Balaban J connectivity index is 0.810. The maximum absolute atomic E-state index is 16.4. The van der Waals surface area contributed by atoms with E-state index in [9.17, 15) is 24.0 Å². The van der Waals surface area contributed by atoms with E-state index in [0.717, 1.165) is 56.4 Å². The fraction of sp³-hybridized carbons (Fsp3) is 0.479. The van der Waals surface area contributed by atoms with Crippen LogP contribution in [0.3, 0.4) is 0 Å². The zero-order valence-electron chi connectivity index (χ0n) is 35.5. The molecule has 4 atom stereocenters. The van der Waals surface area contributed by atoms with Crippen LogP contribution < -0.4 is 27.0 Å². The molecular weight excluding hydrogens is 844 g/mol. The van der Waals surface area contributed by atoms with Crippen molar-refractivity contribution in [3.05, 3.63) is 97.6 Å². The minimum absolute atomic E-state index is 0.0421. The standard InChI is InChI=1S/C48H50Cl2FN7O5/c1-46(2)15-17-47(18-16-46)48(32-11-10-29(49)22-34(32)53-44(48)62)39(31-5-4-6-33(50)40(31)51)41(55-47)43(61)52-30-19-28(20-30)25-57-23-27(24-57)8-7-26-9-12-35-37(21-26)56(3)45(63)58(35)36-13-14-38(59)54-42(36)60/h4-6,9-12,21-22,27-28,30,36,39,41,55H,13-20,23-25H2,1-3H3,(H,52,61)(H,53,62)(H,54,59,60)/t28?,30?,36?,39-,41+,48+/m0/s1. The second kappa shape index (κ2) is 15.3. The van der Waals surface area contributed by atoms with Gasteiger partial charge in [-0.2, -0.15) is 0 Å². The summed E-state index contributed by atoms with van der Waals surface area (Å²) < 4.78 is 19.3. The van der Waals surface area contributed by atoms with E-state index in [4.69, 9.17) is 23.2 Å². The van der Waals surface area contributed by atoms with Crippen molar-refractivity contribution in [3.63, 3.8) is 0 Å². The van der Waals surface area contributed by atoms with Gasteiger partial charge in [-0.1, -0.05) is 67.1 Å². The number of hydrogen-bond donors (Lipinski definition) is 4. The molecule has 12 nitrogen and oxygen atoms in total. The van der Waals surface area contributed by atoms with Gasteiger partial charge in [-0.25, -0.2) is 9.18 Å². The van der Waals surface area contributed by atoms with Crippen LogP contribution in [-0.4, -0.2) is 74.9 Å². The molecule has 5 heterocycles. The summed E-state index contributed by atoms with van der Waals surface area (Å²) in [6.45, 7) is 7.02. The van der Waals surface area contributed by atoms with Gasteiger partial charge in [-0.15, -0.1) is 0 Å². The van der Waals surface area contributed by atoms with Crippen molar-refractivity contribution in [2.75, 3.05) is 25.0 Å². The van der Waals surface area contributed by atoms with Crippen molar-refractivity contribution in [2.45, 2.75) is 100 Å². The van der Waals surface area contributed by atoms with Gasteiger partial charge >= 0.3 is 5.69 Å². The number of anilines is 1. The van der Waals surface area contributed by atoms with E-state index in [-0.39, 0.29) is 64.2 Å². The Morgan fingerprint density at radius 1 is 0.952 bits per heavy atom. The van der Waals surface area contributed by atoms with Crippen LogP contribution in [0.1, 0.15) is 93.9 Å². The first kappa shape index (κ1) is 42.0. The average molecular weight is 895 g/mol. The van der Waals surface area contributed by atoms with Crippen molar-refractivity contribution in [1.29, 1.82) is 0 Å². The van der Waals surface area contributed by atoms with Crippen LogP contribution in [0.15, 0.2) is 59.4 Å². The lowest BCUT2D eigenvalue weighted by Gasteiger charge is -2.50. The lowest BCUT2D eigenvalue weighted by molar-refractivity contribution is -0.136. The van der Waals surface area contributed by atoms with E-state index >= 15 is 4.39 Å². The number of rotatable bonds is 6. The van der Waals surface area contributed by atoms with E-state index in [1.54, 1.807) is 31.3 Å². The molecule has 1 aromatic heterocycles. The molecule has 5 fully saturated rings. The summed E-state index contributed by atoms with van der Waals surface area (Å²) in [6.07, 6.45) is 4.98. The number of carbonyl (C=O) groups is 4. The number of nitrogens with one attached hydrogen (secondary N) is 4. The van der Waals surface area contributed by atoms with Crippen LogP contribution in [0, 0.1) is 34.9 Å². The molecule has 63 heavy (non-hydrogen) atoms. The van der Waals surface area contributed by atoms with E-state index in [1.807, 2.05) is 24.3 Å². The molecule has 2 saturated carbocycles. The van der Waals surface area contributed by atoms with Crippen LogP contribution >= 0.6 is 23.2 Å². The normalized spacial score (nSPS) is 28.5. The van der Waals surface area contributed by atoms with Crippen molar-refractivity contribution in [3.8, 4) is 11.8 Å². The van der Waals surface area contributed by atoms with Crippen LogP contribution in [-0.2, 0) is 31.6 Å². The van der Waals surface area contributed by atoms with E-state index in [1.165, 1.54) is 15.2 Å². The lowest BCUT2D eigenvalue weighted by Crippen LogP contribution is -2.61. The van der Waals surface area contributed by atoms with E-state index < -0.39 is 40.7 Å². The van der Waals surface area contributed by atoms with Crippen molar-refractivity contribution >= 4 is 63.6 Å². The summed E-state index contributed by atoms with van der Waals surface area (Å²) in [5.74, 6) is 4.45.